The molecule has 2 aromatic rings. The monoisotopic (exact) mass is 247 g/mol. The van der Waals surface area contributed by atoms with Gasteiger partial charge in [0.25, 0.3) is 0 Å². The van der Waals surface area contributed by atoms with Crippen molar-refractivity contribution in [3.63, 3.8) is 0 Å². The topological polar surface area (TPSA) is 51.8 Å². The van der Waals surface area contributed by atoms with Crippen LogP contribution in [0.5, 0.6) is 0 Å². The Kier molecular flexibility index (Phi) is 3.86. The Hall–Kier alpha value is -1.26. The van der Waals surface area contributed by atoms with Crippen molar-refractivity contribution in [3.05, 3.63) is 45.7 Å². The van der Waals surface area contributed by atoms with Gasteiger partial charge in [-0.25, -0.2) is 4.98 Å². The van der Waals surface area contributed by atoms with Gasteiger partial charge in [-0.2, -0.15) is 0 Å². The van der Waals surface area contributed by atoms with Crippen LogP contribution in [-0.4, -0.2) is 16.0 Å². The maximum absolute atomic E-state index is 6.14. The van der Waals surface area contributed by atoms with Gasteiger partial charge in [0.05, 0.1) is 10.7 Å². The van der Waals surface area contributed by atoms with Crippen LogP contribution in [0.4, 0.5) is 0 Å². The lowest BCUT2D eigenvalue weighted by Gasteiger charge is -2.09. The zero-order valence-corrected chi connectivity index (χ0v) is 11.0. The molecule has 2 heterocycles. The van der Waals surface area contributed by atoms with Gasteiger partial charge in [-0.05, 0) is 38.0 Å². The number of nitrogens with two attached hydrogens (primary N) is 1. The zero-order valence-electron chi connectivity index (χ0n) is 10.2. The molecule has 0 aliphatic rings. The summed E-state index contributed by atoms with van der Waals surface area (Å²) in [6.45, 7) is 4.15. The van der Waals surface area contributed by atoms with Gasteiger partial charge in [0.15, 0.2) is 0 Å². The van der Waals surface area contributed by atoms with Crippen molar-refractivity contribution >= 4 is 11.3 Å². The van der Waals surface area contributed by atoms with E-state index in [0.717, 1.165) is 23.5 Å². The van der Waals surface area contributed by atoms with Crippen LogP contribution in [-0.2, 0) is 12.8 Å². The van der Waals surface area contributed by atoms with E-state index >= 15 is 0 Å². The van der Waals surface area contributed by atoms with Crippen molar-refractivity contribution in [2.45, 2.75) is 32.7 Å². The maximum Gasteiger partial charge on any atom is 0.0946 e. The lowest BCUT2D eigenvalue weighted by atomic mass is 10.1. The van der Waals surface area contributed by atoms with E-state index in [4.69, 9.17) is 5.73 Å². The molecule has 90 valence electrons. The molecule has 0 amide bonds. The molecule has 4 heteroatoms. The van der Waals surface area contributed by atoms with Crippen molar-refractivity contribution in [1.29, 1.82) is 0 Å². The van der Waals surface area contributed by atoms with Crippen LogP contribution in [0.3, 0.4) is 0 Å². The molecule has 2 rings (SSSR count). The highest BCUT2D eigenvalue weighted by atomic mass is 32.1. The van der Waals surface area contributed by atoms with Crippen molar-refractivity contribution in [1.82, 2.24) is 9.97 Å². The second-order valence-corrected chi connectivity index (χ2v) is 5.56. The summed E-state index contributed by atoms with van der Waals surface area (Å²) >= 11 is 1.75. The highest BCUT2D eigenvalue weighted by Gasteiger charge is 2.09. The number of aromatic nitrogens is 2. The lowest BCUT2D eigenvalue weighted by Crippen LogP contribution is -2.25. The molecule has 1 atom stereocenters. The first kappa shape index (κ1) is 12.2. The summed E-state index contributed by atoms with van der Waals surface area (Å²) in [4.78, 5) is 9.81. The van der Waals surface area contributed by atoms with Gasteiger partial charge in [0.1, 0.15) is 0 Å². The van der Waals surface area contributed by atoms with E-state index in [1.807, 2.05) is 19.1 Å². The first-order valence-corrected chi connectivity index (χ1v) is 6.54. The van der Waals surface area contributed by atoms with Gasteiger partial charge in [-0.15, -0.1) is 11.3 Å². The molecule has 0 spiro atoms. The van der Waals surface area contributed by atoms with E-state index in [-0.39, 0.29) is 6.04 Å². The Morgan fingerprint density at radius 3 is 2.53 bits per heavy atom. The predicted molar refractivity (Wildman–Crippen MR) is 71.2 cm³/mol. The summed E-state index contributed by atoms with van der Waals surface area (Å²) in [5.74, 6) is 0. The van der Waals surface area contributed by atoms with Gasteiger partial charge >= 0.3 is 0 Å². The van der Waals surface area contributed by atoms with Crippen LogP contribution in [0.15, 0.2) is 24.5 Å². The van der Waals surface area contributed by atoms with Crippen molar-refractivity contribution in [2.24, 2.45) is 5.73 Å². The van der Waals surface area contributed by atoms with Gasteiger partial charge in [-0.1, -0.05) is 0 Å². The Labute approximate surface area is 106 Å². The molecule has 2 N–H and O–H groups in total. The quantitative estimate of drug-likeness (QED) is 0.901. The number of rotatable bonds is 4. The Morgan fingerprint density at radius 1 is 1.24 bits per heavy atom. The average molecular weight is 247 g/mol. The molecule has 0 fully saturated rings. The normalized spacial score (nSPS) is 12.6. The fraction of sp³-hybridized carbons (Fsp3) is 0.385. The van der Waals surface area contributed by atoms with Crippen LogP contribution in [0.25, 0.3) is 0 Å². The number of hydrogen-bond acceptors (Lipinski definition) is 4. The van der Waals surface area contributed by atoms with Gasteiger partial charge < -0.3 is 5.73 Å². The van der Waals surface area contributed by atoms with Crippen LogP contribution < -0.4 is 5.73 Å². The molecule has 0 saturated carbocycles. The van der Waals surface area contributed by atoms with Gasteiger partial charge in [0, 0.05) is 29.7 Å². The first-order chi connectivity index (χ1) is 8.15. The highest BCUT2D eigenvalue weighted by Crippen LogP contribution is 2.18. The molecule has 0 radical (unpaired) electrons. The molecular weight excluding hydrogens is 230 g/mol. The van der Waals surface area contributed by atoms with E-state index < -0.39 is 0 Å². The van der Waals surface area contributed by atoms with Crippen LogP contribution >= 0.6 is 11.3 Å². The summed E-state index contributed by atoms with van der Waals surface area (Å²) in [5.41, 5.74) is 8.50. The SMILES string of the molecule is Cc1nc(CC(N)Cc2ccncc2)sc1C. The summed E-state index contributed by atoms with van der Waals surface area (Å²) < 4.78 is 0. The summed E-state index contributed by atoms with van der Waals surface area (Å²) in [7, 11) is 0. The minimum Gasteiger partial charge on any atom is -0.327 e. The van der Waals surface area contributed by atoms with Crippen molar-refractivity contribution < 1.29 is 0 Å². The second kappa shape index (κ2) is 5.38. The van der Waals surface area contributed by atoms with Crippen molar-refractivity contribution in [2.75, 3.05) is 0 Å². The molecule has 0 aliphatic heterocycles. The Bertz CT molecular complexity index is 459. The van der Waals surface area contributed by atoms with Crippen molar-refractivity contribution in [3.8, 4) is 0 Å². The molecule has 0 saturated heterocycles. The molecule has 0 aliphatic carbocycles. The third-order valence-corrected chi connectivity index (χ3v) is 3.85. The number of pyridine rings is 1. The molecule has 2 aromatic heterocycles. The second-order valence-electron chi connectivity index (χ2n) is 4.27. The predicted octanol–water partition coefficient (Wildman–Crippen LogP) is 2.27. The Balaban J connectivity index is 1.95. The van der Waals surface area contributed by atoms with Crippen LogP contribution in [0.1, 0.15) is 21.1 Å². The summed E-state index contributed by atoms with van der Waals surface area (Å²) in [6, 6.07) is 4.15. The molecule has 3 nitrogen and oxygen atoms in total. The van der Waals surface area contributed by atoms with E-state index in [1.165, 1.54) is 10.4 Å². The van der Waals surface area contributed by atoms with Crippen LogP contribution in [0.2, 0.25) is 0 Å². The molecule has 0 aromatic carbocycles. The lowest BCUT2D eigenvalue weighted by molar-refractivity contribution is 0.661. The largest absolute Gasteiger partial charge is 0.327 e. The maximum atomic E-state index is 6.14. The standard InChI is InChI=1S/C13H17N3S/c1-9-10(2)17-13(16-9)8-12(14)7-11-3-5-15-6-4-11/h3-6,12H,7-8,14H2,1-2H3. The smallest absolute Gasteiger partial charge is 0.0946 e. The number of nitrogens with zero attached hydrogens (tertiary/aromatic N) is 2. The van der Waals surface area contributed by atoms with Gasteiger partial charge in [-0.3, -0.25) is 4.98 Å². The first-order valence-electron chi connectivity index (χ1n) is 5.72. The van der Waals surface area contributed by atoms with Crippen LogP contribution in [0, 0.1) is 13.8 Å². The fourth-order valence-electron chi connectivity index (χ4n) is 1.74. The van der Waals surface area contributed by atoms with E-state index in [1.54, 1.807) is 23.7 Å². The highest BCUT2D eigenvalue weighted by molar-refractivity contribution is 7.11. The third-order valence-electron chi connectivity index (χ3n) is 2.76. The van der Waals surface area contributed by atoms with E-state index in [0.29, 0.717) is 0 Å². The molecule has 0 bridgehead atoms. The van der Waals surface area contributed by atoms with Gasteiger partial charge in [0.2, 0.25) is 0 Å². The number of thiazole rings is 1. The minimum absolute atomic E-state index is 0.127. The number of hydrogen-bond donors (Lipinski definition) is 1. The third kappa shape index (κ3) is 3.35. The van der Waals surface area contributed by atoms with E-state index in [2.05, 4.69) is 16.9 Å². The Morgan fingerprint density at radius 2 is 1.94 bits per heavy atom. The molecule has 1 unspecified atom stereocenters. The summed E-state index contributed by atoms with van der Waals surface area (Å²) in [5, 5.41) is 1.14. The molecular formula is C13H17N3S. The van der Waals surface area contributed by atoms with E-state index in [9.17, 15) is 0 Å². The fourth-order valence-corrected chi connectivity index (χ4v) is 2.77. The average Bonchev–Trinajstić information content (AvgIpc) is 2.59. The molecule has 17 heavy (non-hydrogen) atoms. The minimum atomic E-state index is 0.127. The number of aryl methyl sites for hydroxylation is 2. The zero-order chi connectivity index (χ0) is 12.3. The summed E-state index contributed by atoms with van der Waals surface area (Å²) in [6.07, 6.45) is 5.33.